The normalized spacial score (nSPS) is 10.8. The first kappa shape index (κ1) is 20.3. The van der Waals surface area contributed by atoms with Gasteiger partial charge in [-0.2, -0.15) is 0 Å². The maximum absolute atomic E-state index is 13.5. The van der Waals surface area contributed by atoms with Crippen molar-refractivity contribution in [2.45, 2.75) is 6.42 Å². The van der Waals surface area contributed by atoms with Gasteiger partial charge in [-0.3, -0.25) is 14.2 Å². The Labute approximate surface area is 190 Å². The molecule has 0 fully saturated rings. The molecule has 1 amide bonds. The number of nitrogens with one attached hydrogen (secondary N) is 1. The van der Waals surface area contributed by atoms with Gasteiger partial charge < -0.3 is 5.32 Å². The van der Waals surface area contributed by atoms with Crippen molar-refractivity contribution in [3.63, 3.8) is 0 Å². The van der Waals surface area contributed by atoms with Gasteiger partial charge in [0.25, 0.3) is 11.5 Å². The van der Waals surface area contributed by atoms with Crippen molar-refractivity contribution in [1.82, 2.24) is 14.5 Å². The molecule has 33 heavy (non-hydrogen) atoms. The van der Waals surface area contributed by atoms with E-state index in [1.165, 1.54) is 4.57 Å². The number of hydrogen-bond donors (Lipinski definition) is 1. The van der Waals surface area contributed by atoms with Crippen LogP contribution >= 0.6 is 0 Å². The molecule has 0 spiro atoms. The Balaban J connectivity index is 1.59. The lowest BCUT2D eigenvalue weighted by atomic mass is 10.1. The zero-order valence-electron chi connectivity index (χ0n) is 17.7. The van der Waals surface area contributed by atoms with E-state index in [0.29, 0.717) is 40.2 Å². The van der Waals surface area contributed by atoms with Crippen LogP contribution in [0.1, 0.15) is 21.6 Å². The molecule has 0 saturated heterocycles. The van der Waals surface area contributed by atoms with E-state index in [0.717, 1.165) is 5.56 Å². The van der Waals surface area contributed by atoms with Crippen molar-refractivity contribution in [1.29, 1.82) is 0 Å². The molecule has 0 radical (unpaired) electrons. The summed E-state index contributed by atoms with van der Waals surface area (Å²) in [6, 6.07) is 29.6. The molecular weight excluding hydrogens is 412 g/mol. The third-order valence-corrected chi connectivity index (χ3v) is 5.30. The molecule has 0 bridgehead atoms. The first-order valence-electron chi connectivity index (χ1n) is 10.6. The van der Waals surface area contributed by atoms with Gasteiger partial charge in [0, 0.05) is 23.9 Å². The Morgan fingerprint density at radius 1 is 0.848 bits per heavy atom. The molecule has 0 aliphatic rings. The fraction of sp³-hybridized carbons (Fsp3) is 0.0370. The van der Waals surface area contributed by atoms with Crippen LogP contribution in [-0.2, 0) is 6.42 Å². The molecule has 0 aliphatic carbocycles. The molecule has 2 heterocycles. The maximum atomic E-state index is 13.5. The third kappa shape index (κ3) is 4.27. The number of aromatic nitrogens is 3. The first-order valence-corrected chi connectivity index (χ1v) is 10.6. The minimum absolute atomic E-state index is 0.257. The van der Waals surface area contributed by atoms with Gasteiger partial charge in [0.1, 0.15) is 11.2 Å². The maximum Gasteiger partial charge on any atom is 0.278 e. The van der Waals surface area contributed by atoms with Crippen molar-refractivity contribution < 1.29 is 4.79 Å². The van der Waals surface area contributed by atoms with Gasteiger partial charge in [0.15, 0.2) is 5.65 Å². The standard InChI is InChI=1S/C27H20N4O2/c32-26(29-21-12-5-2-6-13-21)20-11-7-14-22(18-20)31-25-23(15-8-16-28-25)30-24(27(31)33)17-19-9-3-1-4-10-19/h1-16,18H,17H2,(H,29,32). The van der Waals surface area contributed by atoms with E-state index in [2.05, 4.69) is 15.3 Å². The zero-order valence-corrected chi connectivity index (χ0v) is 17.7. The molecule has 6 nitrogen and oxygen atoms in total. The average Bonchev–Trinajstić information content (AvgIpc) is 2.86. The van der Waals surface area contributed by atoms with Gasteiger partial charge in [-0.1, -0.05) is 54.6 Å². The summed E-state index contributed by atoms with van der Waals surface area (Å²) in [5, 5.41) is 2.88. The molecule has 0 unspecified atom stereocenters. The Morgan fingerprint density at radius 3 is 2.39 bits per heavy atom. The number of rotatable bonds is 5. The van der Waals surface area contributed by atoms with Gasteiger partial charge in [-0.05, 0) is 48.0 Å². The van der Waals surface area contributed by atoms with Crippen LogP contribution in [0.3, 0.4) is 0 Å². The topological polar surface area (TPSA) is 76.9 Å². The van der Waals surface area contributed by atoms with E-state index in [9.17, 15) is 9.59 Å². The molecule has 160 valence electrons. The van der Waals surface area contributed by atoms with Crippen LogP contribution in [0, 0.1) is 0 Å². The minimum Gasteiger partial charge on any atom is -0.322 e. The number of pyridine rings is 1. The van der Waals surface area contributed by atoms with E-state index in [-0.39, 0.29) is 11.5 Å². The molecule has 2 aromatic heterocycles. The lowest BCUT2D eigenvalue weighted by molar-refractivity contribution is 0.102. The van der Waals surface area contributed by atoms with Gasteiger partial charge in [0.05, 0.1) is 5.69 Å². The van der Waals surface area contributed by atoms with Crippen molar-refractivity contribution in [2.75, 3.05) is 5.32 Å². The SMILES string of the molecule is O=C(Nc1ccccc1)c1cccc(-n2c(=O)c(Cc3ccccc3)nc3cccnc32)c1. The van der Waals surface area contributed by atoms with Gasteiger partial charge in [0.2, 0.25) is 0 Å². The van der Waals surface area contributed by atoms with Gasteiger partial charge in [-0.25, -0.2) is 9.97 Å². The van der Waals surface area contributed by atoms with Crippen molar-refractivity contribution in [3.8, 4) is 5.69 Å². The number of benzene rings is 3. The van der Waals surface area contributed by atoms with Crippen LogP contribution in [0.25, 0.3) is 16.9 Å². The molecule has 1 N–H and O–H groups in total. The Morgan fingerprint density at radius 2 is 1.61 bits per heavy atom. The van der Waals surface area contributed by atoms with Crippen LogP contribution < -0.4 is 10.9 Å². The Hall–Kier alpha value is -4.58. The van der Waals surface area contributed by atoms with Crippen LogP contribution in [0.5, 0.6) is 0 Å². The van der Waals surface area contributed by atoms with E-state index < -0.39 is 0 Å². The van der Waals surface area contributed by atoms with Gasteiger partial charge >= 0.3 is 0 Å². The number of hydrogen-bond acceptors (Lipinski definition) is 4. The van der Waals surface area contributed by atoms with E-state index in [1.54, 1.807) is 36.5 Å². The lowest BCUT2D eigenvalue weighted by Crippen LogP contribution is -2.25. The Bertz CT molecular complexity index is 1500. The van der Waals surface area contributed by atoms with Crippen molar-refractivity contribution in [3.05, 3.63) is 130 Å². The number of carbonyl (C=O) groups is 1. The second kappa shape index (κ2) is 8.88. The number of para-hydroxylation sites is 1. The van der Waals surface area contributed by atoms with Crippen LogP contribution in [0.2, 0.25) is 0 Å². The number of amides is 1. The van der Waals surface area contributed by atoms with Crippen LogP contribution in [0.4, 0.5) is 5.69 Å². The summed E-state index contributed by atoms with van der Waals surface area (Å²) in [7, 11) is 0. The van der Waals surface area contributed by atoms with Crippen LogP contribution in [-0.4, -0.2) is 20.4 Å². The third-order valence-electron chi connectivity index (χ3n) is 5.30. The average molecular weight is 432 g/mol. The molecule has 5 rings (SSSR count). The quantitative estimate of drug-likeness (QED) is 0.440. The molecule has 0 saturated carbocycles. The summed E-state index contributed by atoms with van der Waals surface area (Å²) in [6.45, 7) is 0. The number of nitrogens with zero attached hydrogens (tertiary/aromatic N) is 3. The number of carbonyl (C=O) groups excluding carboxylic acids is 1. The number of fused-ring (bicyclic) bond motifs is 1. The summed E-state index contributed by atoms with van der Waals surface area (Å²) in [5.41, 5.74) is 3.91. The second-order valence-corrected chi connectivity index (χ2v) is 7.58. The van der Waals surface area contributed by atoms with E-state index in [1.807, 2.05) is 66.7 Å². The Kier molecular flexibility index (Phi) is 5.47. The summed E-state index contributed by atoms with van der Waals surface area (Å²) < 4.78 is 1.53. The van der Waals surface area contributed by atoms with Crippen molar-refractivity contribution in [2.24, 2.45) is 0 Å². The monoisotopic (exact) mass is 432 g/mol. The molecule has 0 atom stereocenters. The predicted molar refractivity (Wildman–Crippen MR) is 129 cm³/mol. The summed E-state index contributed by atoms with van der Waals surface area (Å²) in [4.78, 5) is 35.4. The molecule has 0 aliphatic heterocycles. The van der Waals surface area contributed by atoms with E-state index in [4.69, 9.17) is 0 Å². The minimum atomic E-state index is -0.259. The lowest BCUT2D eigenvalue weighted by Gasteiger charge is -2.13. The highest BCUT2D eigenvalue weighted by atomic mass is 16.1. The molecule has 5 aromatic rings. The highest BCUT2D eigenvalue weighted by Crippen LogP contribution is 2.17. The first-order chi connectivity index (χ1) is 16.2. The molecule has 3 aromatic carbocycles. The summed E-state index contributed by atoms with van der Waals surface area (Å²) in [5.74, 6) is -0.257. The van der Waals surface area contributed by atoms with Gasteiger partial charge in [-0.15, -0.1) is 0 Å². The van der Waals surface area contributed by atoms with E-state index >= 15 is 0 Å². The predicted octanol–water partition coefficient (Wildman–Crippen LogP) is 4.62. The van der Waals surface area contributed by atoms with Crippen molar-refractivity contribution >= 4 is 22.8 Å². The zero-order chi connectivity index (χ0) is 22.6. The highest BCUT2D eigenvalue weighted by Gasteiger charge is 2.15. The summed E-state index contributed by atoms with van der Waals surface area (Å²) >= 11 is 0. The molecular formula is C27H20N4O2. The van der Waals surface area contributed by atoms with Crippen LogP contribution in [0.15, 0.2) is 108 Å². The highest BCUT2D eigenvalue weighted by molar-refractivity contribution is 6.04. The fourth-order valence-electron chi connectivity index (χ4n) is 3.72. The number of anilines is 1. The summed E-state index contributed by atoms with van der Waals surface area (Å²) in [6.07, 6.45) is 2.03. The molecule has 6 heteroatoms. The fourth-order valence-corrected chi connectivity index (χ4v) is 3.72. The largest absolute Gasteiger partial charge is 0.322 e. The second-order valence-electron chi connectivity index (χ2n) is 7.58. The smallest absolute Gasteiger partial charge is 0.278 e.